The van der Waals surface area contributed by atoms with Crippen LogP contribution in [0.2, 0.25) is 0 Å². The van der Waals surface area contributed by atoms with Gasteiger partial charge in [0, 0.05) is 32.1 Å². The SMILES string of the molecule is CC1(c2ccccc2)c2ccccc2-c2ccc(N(c3cccc4c3-c3ccccc3C43c4ccccc4-c4ccccc43)c3cccc4c3sc3ccccc34)cc21. The Morgan fingerprint density at radius 1 is 0.390 bits per heavy atom. The van der Waals surface area contributed by atoms with Gasteiger partial charge in [0.05, 0.1) is 21.5 Å². The van der Waals surface area contributed by atoms with Gasteiger partial charge in [-0.1, -0.05) is 176 Å². The van der Waals surface area contributed by atoms with E-state index in [9.17, 15) is 0 Å². The van der Waals surface area contributed by atoms with Crippen LogP contribution in [0, 0.1) is 0 Å². The topological polar surface area (TPSA) is 3.24 Å². The zero-order valence-electron chi connectivity index (χ0n) is 32.5. The van der Waals surface area contributed by atoms with E-state index in [0.29, 0.717) is 0 Å². The minimum Gasteiger partial charge on any atom is -0.308 e. The van der Waals surface area contributed by atoms with Gasteiger partial charge < -0.3 is 4.90 Å². The Labute approximate surface area is 348 Å². The highest BCUT2D eigenvalue weighted by Gasteiger charge is 2.52. The Hall–Kier alpha value is -7.00. The minimum atomic E-state index is -0.435. The van der Waals surface area contributed by atoms with E-state index in [0.717, 1.165) is 5.69 Å². The second-order valence-corrected chi connectivity index (χ2v) is 17.5. The first kappa shape index (κ1) is 33.0. The highest BCUT2D eigenvalue weighted by Crippen LogP contribution is 2.65. The molecule has 3 aliphatic rings. The first-order valence-corrected chi connectivity index (χ1v) is 21.4. The van der Waals surface area contributed by atoms with Crippen molar-refractivity contribution in [2.24, 2.45) is 0 Å². The third-order valence-electron chi connectivity index (χ3n) is 13.8. The zero-order valence-corrected chi connectivity index (χ0v) is 33.3. The van der Waals surface area contributed by atoms with Gasteiger partial charge in [-0.3, -0.25) is 0 Å². The molecule has 0 saturated heterocycles. The second-order valence-electron chi connectivity index (χ2n) is 16.4. The number of benzene rings is 9. The van der Waals surface area contributed by atoms with E-state index in [4.69, 9.17) is 0 Å². The van der Waals surface area contributed by atoms with E-state index in [1.54, 1.807) is 0 Å². The summed E-state index contributed by atoms with van der Waals surface area (Å²) in [6.07, 6.45) is 0. The summed E-state index contributed by atoms with van der Waals surface area (Å²) in [6.45, 7) is 2.42. The summed E-state index contributed by atoms with van der Waals surface area (Å²) in [6, 6.07) is 77.6. The molecule has 3 aliphatic carbocycles. The van der Waals surface area contributed by atoms with Gasteiger partial charge in [-0.2, -0.15) is 0 Å². The molecule has 10 aromatic rings. The van der Waals surface area contributed by atoms with Crippen LogP contribution >= 0.6 is 11.3 Å². The Morgan fingerprint density at radius 2 is 0.915 bits per heavy atom. The highest BCUT2D eigenvalue weighted by molar-refractivity contribution is 7.26. The quantitative estimate of drug-likeness (QED) is 0.172. The molecule has 1 heterocycles. The molecule has 0 aliphatic heterocycles. The number of anilines is 3. The van der Waals surface area contributed by atoms with Crippen LogP contribution in [0.5, 0.6) is 0 Å². The average Bonchev–Trinajstić information content (AvgIpc) is 4.00. The Morgan fingerprint density at radius 3 is 1.66 bits per heavy atom. The summed E-state index contributed by atoms with van der Waals surface area (Å²) in [5, 5.41) is 2.59. The predicted octanol–water partition coefficient (Wildman–Crippen LogP) is 15.2. The first-order valence-electron chi connectivity index (χ1n) is 20.6. The van der Waals surface area contributed by atoms with Crippen LogP contribution in [0.3, 0.4) is 0 Å². The lowest BCUT2D eigenvalue weighted by Gasteiger charge is -2.33. The average molecular weight is 768 g/mol. The molecule has 1 aromatic heterocycles. The van der Waals surface area contributed by atoms with Gasteiger partial charge in [0.15, 0.2) is 0 Å². The maximum atomic E-state index is 2.59. The lowest BCUT2D eigenvalue weighted by molar-refractivity contribution is 0.714. The summed E-state index contributed by atoms with van der Waals surface area (Å²) in [4.78, 5) is 2.59. The predicted molar refractivity (Wildman–Crippen MR) is 248 cm³/mol. The summed E-state index contributed by atoms with van der Waals surface area (Å²) in [5.41, 5.74) is 20.0. The first-order chi connectivity index (χ1) is 29.2. The monoisotopic (exact) mass is 767 g/mol. The summed E-state index contributed by atoms with van der Waals surface area (Å²) >= 11 is 1.90. The van der Waals surface area contributed by atoms with Crippen molar-refractivity contribution >= 4 is 48.6 Å². The molecule has 2 heteroatoms. The van der Waals surface area contributed by atoms with Crippen LogP contribution < -0.4 is 4.90 Å². The van der Waals surface area contributed by atoms with Gasteiger partial charge in [-0.25, -0.2) is 0 Å². The number of rotatable bonds is 4. The van der Waals surface area contributed by atoms with Crippen LogP contribution in [-0.4, -0.2) is 0 Å². The summed E-state index contributed by atoms with van der Waals surface area (Å²) < 4.78 is 2.59. The Bertz CT molecular complexity index is 3330. The van der Waals surface area contributed by atoms with E-state index in [2.05, 4.69) is 218 Å². The van der Waals surface area contributed by atoms with E-state index >= 15 is 0 Å². The zero-order chi connectivity index (χ0) is 38.9. The van der Waals surface area contributed by atoms with E-state index in [-0.39, 0.29) is 5.41 Å². The Balaban J connectivity index is 1.14. The second kappa shape index (κ2) is 12.0. The van der Waals surface area contributed by atoms with Crippen LogP contribution in [0.4, 0.5) is 17.1 Å². The fourth-order valence-electron chi connectivity index (χ4n) is 11.3. The lowest BCUT2D eigenvalue weighted by Crippen LogP contribution is -2.26. The van der Waals surface area contributed by atoms with Crippen molar-refractivity contribution in [2.75, 3.05) is 4.90 Å². The molecular weight excluding hydrogens is 731 g/mol. The number of fused-ring (bicyclic) bond motifs is 16. The molecule has 1 atom stereocenters. The summed E-state index contributed by atoms with van der Waals surface area (Å²) in [7, 11) is 0. The molecule has 1 unspecified atom stereocenters. The number of hydrogen-bond acceptors (Lipinski definition) is 2. The number of nitrogens with zero attached hydrogens (tertiary/aromatic N) is 1. The third-order valence-corrected chi connectivity index (χ3v) is 15.0. The van der Waals surface area contributed by atoms with Gasteiger partial charge in [0.25, 0.3) is 0 Å². The van der Waals surface area contributed by atoms with Crippen molar-refractivity contribution in [1.29, 1.82) is 0 Å². The minimum absolute atomic E-state index is 0.328. The van der Waals surface area contributed by atoms with Gasteiger partial charge in [-0.15, -0.1) is 11.3 Å². The summed E-state index contributed by atoms with van der Waals surface area (Å²) in [5.74, 6) is 0. The fourth-order valence-corrected chi connectivity index (χ4v) is 12.5. The molecule has 0 amide bonds. The van der Waals surface area contributed by atoms with Crippen LogP contribution in [0.1, 0.15) is 45.9 Å². The molecular formula is C57H37NS. The van der Waals surface area contributed by atoms with Crippen molar-refractivity contribution in [3.8, 4) is 33.4 Å². The largest absolute Gasteiger partial charge is 0.308 e. The van der Waals surface area contributed by atoms with Crippen molar-refractivity contribution in [1.82, 2.24) is 0 Å². The van der Waals surface area contributed by atoms with Crippen LogP contribution in [0.15, 0.2) is 206 Å². The van der Waals surface area contributed by atoms with E-state index in [1.807, 2.05) is 11.3 Å². The van der Waals surface area contributed by atoms with Crippen molar-refractivity contribution in [3.05, 3.63) is 245 Å². The van der Waals surface area contributed by atoms with Crippen molar-refractivity contribution in [3.63, 3.8) is 0 Å². The van der Waals surface area contributed by atoms with Crippen LogP contribution in [0.25, 0.3) is 53.6 Å². The van der Waals surface area contributed by atoms with Crippen molar-refractivity contribution < 1.29 is 0 Å². The van der Waals surface area contributed by atoms with Crippen molar-refractivity contribution in [2.45, 2.75) is 17.8 Å². The maximum Gasteiger partial charge on any atom is 0.0726 e. The van der Waals surface area contributed by atoms with E-state index in [1.165, 1.54) is 104 Å². The molecule has 0 radical (unpaired) electrons. The molecule has 59 heavy (non-hydrogen) atoms. The molecule has 1 nitrogen and oxygen atoms in total. The molecule has 0 N–H and O–H groups in total. The van der Waals surface area contributed by atoms with Gasteiger partial charge >= 0.3 is 0 Å². The molecule has 0 bridgehead atoms. The van der Waals surface area contributed by atoms with Gasteiger partial charge in [0.1, 0.15) is 0 Å². The highest BCUT2D eigenvalue weighted by atomic mass is 32.1. The molecule has 1 spiro atoms. The van der Waals surface area contributed by atoms with Gasteiger partial charge in [0.2, 0.25) is 0 Å². The molecule has 276 valence electrons. The standard InChI is InChI=1S/C57H37NS/c1-56(36-17-3-2-4-18-36)45-25-10-5-19-38(45)41-34-33-37(35-50(41)56)58(52-31-15-24-43-42-22-9-14-32-53(42)59-55(43)52)51-30-16-29-49-54(51)44-23-8-13-28-48(44)57(49)46-26-11-6-20-39(46)40-21-7-12-27-47(40)57/h2-35H,1H3. The normalized spacial score (nSPS) is 16.1. The molecule has 0 fully saturated rings. The Kier molecular flexibility index (Phi) is 6.73. The van der Waals surface area contributed by atoms with E-state index < -0.39 is 5.41 Å². The number of thiophene rings is 1. The third kappa shape index (κ3) is 4.19. The molecule has 0 saturated carbocycles. The van der Waals surface area contributed by atoms with Crippen LogP contribution in [-0.2, 0) is 10.8 Å². The molecule has 13 rings (SSSR count). The van der Waals surface area contributed by atoms with Gasteiger partial charge in [-0.05, 0) is 104 Å². The smallest absolute Gasteiger partial charge is 0.0726 e. The fraction of sp³-hybridized carbons (Fsp3) is 0.0526. The molecule has 9 aromatic carbocycles. The number of hydrogen-bond donors (Lipinski definition) is 0. The lowest BCUT2D eigenvalue weighted by atomic mass is 9.70. The maximum absolute atomic E-state index is 2.59.